The Morgan fingerprint density at radius 3 is 2.48 bits per heavy atom. The zero-order valence-electron chi connectivity index (χ0n) is 18.8. The van der Waals surface area contributed by atoms with Gasteiger partial charge in [-0.05, 0) is 61.1 Å². The van der Waals surface area contributed by atoms with Crippen LogP contribution in [-0.2, 0) is 11.3 Å². The first-order valence-corrected chi connectivity index (χ1v) is 11.6. The third kappa shape index (κ3) is 5.86. The summed E-state index contributed by atoms with van der Waals surface area (Å²) in [6.45, 7) is 11.0. The predicted molar refractivity (Wildman–Crippen MR) is 125 cm³/mol. The molecular formula is C26H35N3O2. The Morgan fingerprint density at radius 2 is 1.77 bits per heavy atom. The van der Waals surface area contributed by atoms with Gasteiger partial charge in [0, 0.05) is 44.0 Å². The van der Waals surface area contributed by atoms with E-state index in [-0.39, 0.29) is 11.9 Å². The van der Waals surface area contributed by atoms with Crippen molar-refractivity contribution in [2.75, 3.05) is 44.3 Å². The molecule has 2 fully saturated rings. The number of morpholine rings is 1. The Hall–Kier alpha value is -2.37. The van der Waals surface area contributed by atoms with Gasteiger partial charge in [0.1, 0.15) is 0 Å². The number of amides is 1. The van der Waals surface area contributed by atoms with Crippen LogP contribution in [0.25, 0.3) is 0 Å². The molecule has 5 heteroatoms. The highest BCUT2D eigenvalue weighted by Crippen LogP contribution is 2.24. The summed E-state index contributed by atoms with van der Waals surface area (Å²) in [6, 6.07) is 16.6. The third-order valence-corrected chi connectivity index (χ3v) is 6.59. The first kappa shape index (κ1) is 21.8. The van der Waals surface area contributed by atoms with Gasteiger partial charge in [-0.1, -0.05) is 31.2 Å². The minimum Gasteiger partial charge on any atom is -0.379 e. The molecule has 2 aliphatic rings. The van der Waals surface area contributed by atoms with E-state index in [9.17, 15) is 4.79 Å². The summed E-state index contributed by atoms with van der Waals surface area (Å²) in [7, 11) is 0. The summed E-state index contributed by atoms with van der Waals surface area (Å²) in [5.41, 5.74) is 4.30. The molecule has 0 aliphatic carbocycles. The standard InChI is InChI=1S/C26H35N3O2/c1-20-10-12-29(13-11-20)25-8-6-23(7-9-25)21(2)27-26(30)24-5-3-4-22(18-24)19-28-14-16-31-17-15-28/h3-9,18,20-21H,10-17,19H2,1-2H3,(H,27,30). The SMILES string of the molecule is CC1CCN(c2ccc(C(C)NC(=O)c3cccc(CN4CCOCC4)c3)cc2)CC1. The summed E-state index contributed by atoms with van der Waals surface area (Å²) in [5, 5.41) is 3.16. The molecular weight excluding hydrogens is 386 g/mol. The van der Waals surface area contributed by atoms with E-state index < -0.39 is 0 Å². The van der Waals surface area contributed by atoms with Gasteiger partial charge in [-0.15, -0.1) is 0 Å². The second kappa shape index (κ2) is 10.3. The molecule has 2 saturated heterocycles. The second-order valence-corrected chi connectivity index (χ2v) is 9.05. The number of ether oxygens (including phenoxy) is 1. The number of nitrogens with one attached hydrogen (secondary N) is 1. The van der Waals surface area contributed by atoms with Gasteiger partial charge in [0.25, 0.3) is 5.91 Å². The fraction of sp³-hybridized carbons (Fsp3) is 0.500. The van der Waals surface area contributed by atoms with E-state index in [1.54, 1.807) is 0 Å². The van der Waals surface area contributed by atoms with Crippen molar-refractivity contribution in [3.8, 4) is 0 Å². The van der Waals surface area contributed by atoms with Crippen LogP contribution < -0.4 is 10.2 Å². The van der Waals surface area contributed by atoms with E-state index in [1.807, 2.05) is 25.1 Å². The number of rotatable bonds is 6. The Kier molecular flexibility index (Phi) is 7.25. The molecule has 0 radical (unpaired) electrons. The van der Waals surface area contributed by atoms with Crippen molar-refractivity contribution in [1.82, 2.24) is 10.2 Å². The van der Waals surface area contributed by atoms with Crippen LogP contribution in [0.4, 0.5) is 5.69 Å². The average molecular weight is 422 g/mol. The molecule has 1 atom stereocenters. The molecule has 0 saturated carbocycles. The van der Waals surface area contributed by atoms with Crippen LogP contribution in [0.2, 0.25) is 0 Å². The number of carbonyl (C=O) groups is 1. The van der Waals surface area contributed by atoms with Crippen molar-refractivity contribution in [3.63, 3.8) is 0 Å². The summed E-state index contributed by atoms with van der Waals surface area (Å²) >= 11 is 0. The number of hydrogen-bond donors (Lipinski definition) is 1. The van der Waals surface area contributed by atoms with E-state index in [0.29, 0.717) is 0 Å². The van der Waals surface area contributed by atoms with E-state index >= 15 is 0 Å². The van der Waals surface area contributed by atoms with Crippen molar-refractivity contribution in [2.45, 2.75) is 39.3 Å². The number of benzene rings is 2. The van der Waals surface area contributed by atoms with E-state index in [2.05, 4.69) is 52.4 Å². The fourth-order valence-electron chi connectivity index (χ4n) is 4.43. The molecule has 1 amide bonds. The van der Waals surface area contributed by atoms with Crippen LogP contribution in [-0.4, -0.2) is 50.2 Å². The molecule has 2 aromatic carbocycles. The summed E-state index contributed by atoms with van der Waals surface area (Å²) in [4.78, 5) is 17.7. The summed E-state index contributed by atoms with van der Waals surface area (Å²) in [6.07, 6.45) is 2.53. The molecule has 4 rings (SSSR count). The van der Waals surface area contributed by atoms with Gasteiger partial charge < -0.3 is 15.0 Å². The topological polar surface area (TPSA) is 44.8 Å². The minimum atomic E-state index is -0.0363. The van der Waals surface area contributed by atoms with E-state index in [4.69, 9.17) is 4.74 Å². The lowest BCUT2D eigenvalue weighted by Gasteiger charge is -2.32. The van der Waals surface area contributed by atoms with Crippen molar-refractivity contribution >= 4 is 11.6 Å². The highest BCUT2D eigenvalue weighted by molar-refractivity contribution is 5.94. The van der Waals surface area contributed by atoms with E-state index in [1.165, 1.54) is 24.1 Å². The van der Waals surface area contributed by atoms with Gasteiger partial charge in [0.05, 0.1) is 19.3 Å². The first-order valence-electron chi connectivity index (χ1n) is 11.6. The molecule has 1 N–H and O–H groups in total. The maximum atomic E-state index is 12.9. The van der Waals surface area contributed by atoms with Gasteiger partial charge in [-0.25, -0.2) is 0 Å². The Balaban J connectivity index is 1.34. The predicted octanol–water partition coefficient (Wildman–Crippen LogP) is 4.25. The number of nitrogens with zero attached hydrogens (tertiary/aromatic N) is 2. The second-order valence-electron chi connectivity index (χ2n) is 9.05. The Morgan fingerprint density at radius 1 is 1.06 bits per heavy atom. The highest BCUT2D eigenvalue weighted by Gasteiger charge is 2.17. The van der Waals surface area contributed by atoms with Crippen molar-refractivity contribution < 1.29 is 9.53 Å². The van der Waals surface area contributed by atoms with Gasteiger partial charge in [0.15, 0.2) is 0 Å². The largest absolute Gasteiger partial charge is 0.379 e. The lowest BCUT2D eigenvalue weighted by atomic mass is 9.98. The first-order chi connectivity index (χ1) is 15.1. The summed E-state index contributed by atoms with van der Waals surface area (Å²) < 4.78 is 5.42. The Labute approximate surface area is 186 Å². The zero-order valence-corrected chi connectivity index (χ0v) is 18.8. The lowest BCUT2D eigenvalue weighted by Crippen LogP contribution is -2.35. The highest BCUT2D eigenvalue weighted by atomic mass is 16.5. The third-order valence-electron chi connectivity index (χ3n) is 6.59. The zero-order chi connectivity index (χ0) is 21.6. The number of carbonyl (C=O) groups excluding carboxylic acids is 1. The normalized spacial score (nSPS) is 19.2. The van der Waals surface area contributed by atoms with E-state index in [0.717, 1.165) is 63.0 Å². The lowest BCUT2D eigenvalue weighted by molar-refractivity contribution is 0.0342. The quantitative estimate of drug-likeness (QED) is 0.758. The van der Waals surface area contributed by atoms with Crippen LogP contribution in [0.15, 0.2) is 48.5 Å². The molecule has 0 spiro atoms. The number of piperidine rings is 1. The Bertz CT molecular complexity index is 853. The minimum absolute atomic E-state index is 0.0228. The molecule has 0 aromatic heterocycles. The van der Waals surface area contributed by atoms with Crippen molar-refractivity contribution in [3.05, 3.63) is 65.2 Å². The molecule has 0 bridgehead atoms. The van der Waals surface area contributed by atoms with Crippen LogP contribution in [0.1, 0.15) is 54.2 Å². The fourth-order valence-corrected chi connectivity index (χ4v) is 4.43. The number of hydrogen-bond acceptors (Lipinski definition) is 4. The molecule has 166 valence electrons. The van der Waals surface area contributed by atoms with Gasteiger partial charge in [-0.3, -0.25) is 9.69 Å². The van der Waals surface area contributed by atoms with Crippen LogP contribution in [0.3, 0.4) is 0 Å². The summed E-state index contributed by atoms with van der Waals surface area (Å²) in [5.74, 6) is 0.809. The molecule has 31 heavy (non-hydrogen) atoms. The van der Waals surface area contributed by atoms with Crippen LogP contribution in [0, 0.1) is 5.92 Å². The van der Waals surface area contributed by atoms with Crippen LogP contribution >= 0.6 is 0 Å². The average Bonchev–Trinajstić information content (AvgIpc) is 2.80. The van der Waals surface area contributed by atoms with Crippen molar-refractivity contribution in [2.24, 2.45) is 5.92 Å². The van der Waals surface area contributed by atoms with Gasteiger partial charge in [0.2, 0.25) is 0 Å². The molecule has 2 heterocycles. The van der Waals surface area contributed by atoms with Gasteiger partial charge in [-0.2, -0.15) is 0 Å². The monoisotopic (exact) mass is 421 g/mol. The van der Waals surface area contributed by atoms with Gasteiger partial charge >= 0.3 is 0 Å². The molecule has 2 aliphatic heterocycles. The molecule has 5 nitrogen and oxygen atoms in total. The maximum absolute atomic E-state index is 12.9. The maximum Gasteiger partial charge on any atom is 0.251 e. The smallest absolute Gasteiger partial charge is 0.251 e. The van der Waals surface area contributed by atoms with Crippen molar-refractivity contribution in [1.29, 1.82) is 0 Å². The molecule has 2 aromatic rings. The molecule has 1 unspecified atom stereocenters. The van der Waals surface area contributed by atoms with Crippen LogP contribution in [0.5, 0.6) is 0 Å². The number of anilines is 1.